The molecule has 0 aliphatic heterocycles. The fourth-order valence-electron chi connectivity index (χ4n) is 1.44. The summed E-state index contributed by atoms with van der Waals surface area (Å²) in [4.78, 5) is 24.0. The number of esters is 2. The SMILES string of the molecule is CCCSc1ccc(N/C(=C/C(=O)OC)C(=O)OC)cc1. The third kappa shape index (κ3) is 5.91. The number of rotatable bonds is 7. The van der Waals surface area contributed by atoms with Crippen LogP contribution in [0.1, 0.15) is 13.3 Å². The minimum Gasteiger partial charge on any atom is -0.466 e. The zero-order valence-electron chi connectivity index (χ0n) is 12.3. The van der Waals surface area contributed by atoms with Crippen LogP contribution in [0.15, 0.2) is 40.9 Å². The Kier molecular flexibility index (Phi) is 7.39. The highest BCUT2D eigenvalue weighted by atomic mass is 32.2. The fourth-order valence-corrected chi connectivity index (χ4v) is 2.21. The first-order valence-corrected chi connectivity index (χ1v) is 7.47. The lowest BCUT2D eigenvalue weighted by molar-refractivity contribution is -0.138. The molecule has 0 aliphatic rings. The fraction of sp³-hybridized carbons (Fsp3) is 0.333. The Morgan fingerprint density at radius 1 is 1.19 bits per heavy atom. The highest BCUT2D eigenvalue weighted by Gasteiger charge is 2.12. The van der Waals surface area contributed by atoms with Crippen LogP contribution in [0.25, 0.3) is 0 Å². The summed E-state index contributed by atoms with van der Waals surface area (Å²) in [6, 6.07) is 7.59. The number of carbonyl (C=O) groups is 2. The van der Waals surface area contributed by atoms with Crippen molar-refractivity contribution in [1.29, 1.82) is 0 Å². The van der Waals surface area contributed by atoms with E-state index < -0.39 is 11.9 Å². The molecule has 1 aromatic carbocycles. The van der Waals surface area contributed by atoms with Gasteiger partial charge in [-0.2, -0.15) is 0 Å². The Balaban J connectivity index is 2.81. The summed E-state index contributed by atoms with van der Waals surface area (Å²) in [6.07, 6.45) is 2.17. The topological polar surface area (TPSA) is 64.6 Å². The minimum atomic E-state index is -0.634. The number of thioether (sulfide) groups is 1. The molecule has 1 aromatic rings. The van der Waals surface area contributed by atoms with Crippen LogP contribution in [-0.4, -0.2) is 31.9 Å². The van der Waals surface area contributed by atoms with Crippen molar-refractivity contribution in [2.45, 2.75) is 18.2 Å². The Morgan fingerprint density at radius 2 is 1.86 bits per heavy atom. The van der Waals surface area contributed by atoms with Crippen LogP contribution in [0.2, 0.25) is 0 Å². The number of hydrogen-bond donors (Lipinski definition) is 1. The number of methoxy groups -OCH3 is 2. The van der Waals surface area contributed by atoms with Gasteiger partial charge in [0, 0.05) is 10.6 Å². The molecule has 0 unspecified atom stereocenters. The van der Waals surface area contributed by atoms with Gasteiger partial charge >= 0.3 is 11.9 Å². The lowest BCUT2D eigenvalue weighted by Crippen LogP contribution is -2.15. The molecule has 5 nitrogen and oxygen atoms in total. The van der Waals surface area contributed by atoms with E-state index in [0.717, 1.165) is 23.1 Å². The van der Waals surface area contributed by atoms with Crippen molar-refractivity contribution in [1.82, 2.24) is 0 Å². The van der Waals surface area contributed by atoms with Crippen molar-refractivity contribution in [2.75, 3.05) is 25.3 Å². The molecule has 0 aromatic heterocycles. The molecule has 0 bridgehead atoms. The van der Waals surface area contributed by atoms with E-state index in [1.807, 2.05) is 24.3 Å². The first kappa shape index (κ1) is 17.1. The van der Waals surface area contributed by atoms with Gasteiger partial charge in [0.25, 0.3) is 0 Å². The Hall–Kier alpha value is -1.95. The van der Waals surface area contributed by atoms with Crippen molar-refractivity contribution in [3.63, 3.8) is 0 Å². The lowest BCUT2D eigenvalue weighted by atomic mass is 10.3. The van der Waals surface area contributed by atoms with E-state index in [2.05, 4.69) is 21.7 Å². The van der Waals surface area contributed by atoms with Crippen molar-refractivity contribution in [2.24, 2.45) is 0 Å². The normalized spacial score (nSPS) is 10.9. The highest BCUT2D eigenvalue weighted by Crippen LogP contribution is 2.21. The van der Waals surface area contributed by atoms with Gasteiger partial charge in [0.15, 0.2) is 0 Å². The lowest BCUT2D eigenvalue weighted by Gasteiger charge is -2.09. The molecular formula is C15H19NO4S. The van der Waals surface area contributed by atoms with Gasteiger partial charge in [0.05, 0.1) is 20.3 Å². The molecule has 0 atom stereocenters. The molecule has 0 spiro atoms. The average molecular weight is 309 g/mol. The molecule has 0 amide bonds. The number of anilines is 1. The Morgan fingerprint density at radius 3 is 2.38 bits per heavy atom. The smallest absolute Gasteiger partial charge is 0.354 e. The van der Waals surface area contributed by atoms with Gasteiger partial charge in [-0.1, -0.05) is 6.92 Å². The molecule has 114 valence electrons. The molecule has 1 N–H and O–H groups in total. The average Bonchev–Trinajstić information content (AvgIpc) is 2.52. The van der Waals surface area contributed by atoms with Gasteiger partial charge in [-0.3, -0.25) is 0 Å². The summed E-state index contributed by atoms with van der Waals surface area (Å²) in [5.41, 5.74) is 0.717. The van der Waals surface area contributed by atoms with Gasteiger partial charge < -0.3 is 14.8 Å². The molecule has 0 aliphatic carbocycles. The largest absolute Gasteiger partial charge is 0.466 e. The maximum atomic E-state index is 11.6. The second-order valence-electron chi connectivity index (χ2n) is 4.07. The van der Waals surface area contributed by atoms with Crippen LogP contribution in [0.3, 0.4) is 0 Å². The van der Waals surface area contributed by atoms with E-state index in [0.29, 0.717) is 5.69 Å². The van der Waals surface area contributed by atoms with Crippen LogP contribution in [0.4, 0.5) is 5.69 Å². The third-order valence-electron chi connectivity index (χ3n) is 2.47. The third-order valence-corrected chi connectivity index (χ3v) is 3.69. The second kappa shape index (κ2) is 9.07. The van der Waals surface area contributed by atoms with Crippen LogP contribution >= 0.6 is 11.8 Å². The minimum absolute atomic E-state index is 0.0262. The molecule has 0 saturated carbocycles. The molecule has 6 heteroatoms. The summed E-state index contributed by atoms with van der Waals surface area (Å²) < 4.78 is 9.14. The predicted molar refractivity (Wildman–Crippen MR) is 83.2 cm³/mol. The molecule has 0 saturated heterocycles. The van der Waals surface area contributed by atoms with Crippen LogP contribution < -0.4 is 5.32 Å². The molecular weight excluding hydrogens is 290 g/mol. The summed E-state index contributed by atoms with van der Waals surface area (Å²) >= 11 is 1.76. The van der Waals surface area contributed by atoms with Gasteiger partial charge in [0.1, 0.15) is 5.70 Å². The van der Waals surface area contributed by atoms with Crippen LogP contribution in [0.5, 0.6) is 0 Å². The predicted octanol–water partition coefficient (Wildman–Crippen LogP) is 2.83. The standard InChI is InChI=1S/C15H19NO4S/c1-4-9-21-12-7-5-11(6-8-12)16-13(15(18)20-3)10-14(17)19-2/h5-8,10,16H,4,9H2,1-3H3/b13-10+. The highest BCUT2D eigenvalue weighted by molar-refractivity contribution is 7.99. The quantitative estimate of drug-likeness (QED) is 0.475. The van der Waals surface area contributed by atoms with Crippen LogP contribution in [-0.2, 0) is 19.1 Å². The number of ether oxygens (including phenoxy) is 2. The maximum Gasteiger partial charge on any atom is 0.354 e. The first-order valence-electron chi connectivity index (χ1n) is 6.48. The molecule has 0 fully saturated rings. The first-order chi connectivity index (χ1) is 10.1. The van der Waals surface area contributed by atoms with Crippen molar-refractivity contribution >= 4 is 29.4 Å². The summed E-state index contributed by atoms with van der Waals surface area (Å²) in [7, 11) is 2.49. The van der Waals surface area contributed by atoms with Crippen LogP contribution in [0, 0.1) is 0 Å². The van der Waals surface area contributed by atoms with E-state index in [1.165, 1.54) is 14.2 Å². The van der Waals surface area contributed by atoms with Crippen molar-refractivity contribution < 1.29 is 19.1 Å². The number of carbonyl (C=O) groups excluding carboxylic acids is 2. The number of benzene rings is 1. The van der Waals surface area contributed by atoms with E-state index in [4.69, 9.17) is 0 Å². The van der Waals surface area contributed by atoms with E-state index in [9.17, 15) is 9.59 Å². The Bertz CT molecular complexity index is 511. The molecule has 21 heavy (non-hydrogen) atoms. The van der Waals surface area contributed by atoms with Gasteiger partial charge in [-0.05, 0) is 36.4 Å². The van der Waals surface area contributed by atoms with Gasteiger partial charge in [-0.15, -0.1) is 11.8 Å². The molecule has 1 rings (SSSR count). The van der Waals surface area contributed by atoms with Crippen molar-refractivity contribution in [3.05, 3.63) is 36.0 Å². The van der Waals surface area contributed by atoms with Gasteiger partial charge in [0.2, 0.25) is 0 Å². The van der Waals surface area contributed by atoms with E-state index in [1.54, 1.807) is 11.8 Å². The second-order valence-corrected chi connectivity index (χ2v) is 5.24. The zero-order valence-corrected chi connectivity index (χ0v) is 13.2. The zero-order chi connectivity index (χ0) is 15.7. The Labute approximate surface area is 128 Å². The molecule has 0 heterocycles. The number of hydrogen-bond acceptors (Lipinski definition) is 6. The van der Waals surface area contributed by atoms with E-state index in [-0.39, 0.29) is 5.70 Å². The summed E-state index contributed by atoms with van der Waals surface area (Å²) in [5, 5.41) is 2.85. The monoisotopic (exact) mass is 309 g/mol. The maximum absolute atomic E-state index is 11.6. The molecule has 0 radical (unpaired) electrons. The van der Waals surface area contributed by atoms with E-state index >= 15 is 0 Å². The summed E-state index contributed by atoms with van der Waals surface area (Å²) in [5.74, 6) is -0.203. The van der Waals surface area contributed by atoms with Crippen molar-refractivity contribution in [3.8, 4) is 0 Å². The van der Waals surface area contributed by atoms with Gasteiger partial charge in [-0.25, -0.2) is 9.59 Å². The summed E-state index contributed by atoms with van der Waals surface area (Å²) in [6.45, 7) is 2.13. The number of nitrogens with one attached hydrogen (secondary N) is 1.